The maximum atomic E-state index is 12.4. The summed E-state index contributed by atoms with van der Waals surface area (Å²) in [4.78, 5) is 32.9. The number of nitrogens with zero attached hydrogens (tertiary/aromatic N) is 3. The molecule has 0 spiro atoms. The molecular weight excluding hydrogens is 382 g/mol. The Morgan fingerprint density at radius 2 is 1.83 bits per heavy atom. The van der Waals surface area contributed by atoms with Gasteiger partial charge in [-0.25, -0.2) is 4.79 Å². The average Bonchev–Trinajstić information content (AvgIpc) is 2.64. The molecule has 1 aliphatic rings. The minimum absolute atomic E-state index is 0.0325. The van der Waals surface area contributed by atoms with E-state index >= 15 is 0 Å². The van der Waals surface area contributed by atoms with Gasteiger partial charge in [0.2, 0.25) is 5.91 Å². The fraction of sp³-hybridized carbons (Fsp3) is 0.864. The van der Waals surface area contributed by atoms with E-state index in [1.807, 2.05) is 48.5 Å². The number of nitrogens with one attached hydrogen (secondary N) is 2. The second kappa shape index (κ2) is 12.6. The van der Waals surface area contributed by atoms with Crippen LogP contribution in [0.1, 0.15) is 67.7 Å². The van der Waals surface area contributed by atoms with Crippen LogP contribution in [0, 0.1) is 5.92 Å². The quantitative estimate of drug-likeness (QED) is 0.461. The number of piperidine rings is 1. The van der Waals surface area contributed by atoms with E-state index in [1.165, 1.54) is 0 Å². The second-order valence-electron chi connectivity index (χ2n) is 9.16. The summed E-state index contributed by atoms with van der Waals surface area (Å²) in [6, 6.07) is 0.150. The van der Waals surface area contributed by atoms with Gasteiger partial charge < -0.3 is 25.2 Å². The lowest BCUT2D eigenvalue weighted by Crippen LogP contribution is -2.48. The molecule has 0 aromatic heterocycles. The van der Waals surface area contributed by atoms with Gasteiger partial charge in [-0.1, -0.05) is 0 Å². The molecule has 2 N–H and O–H groups in total. The van der Waals surface area contributed by atoms with Crippen molar-refractivity contribution >= 4 is 18.0 Å². The van der Waals surface area contributed by atoms with Crippen LogP contribution in [-0.2, 0) is 9.53 Å². The van der Waals surface area contributed by atoms with Crippen LogP contribution in [0.25, 0.3) is 0 Å². The molecule has 8 nitrogen and oxygen atoms in total. The lowest BCUT2D eigenvalue weighted by Gasteiger charge is -2.36. The fourth-order valence-corrected chi connectivity index (χ4v) is 3.38. The van der Waals surface area contributed by atoms with Crippen molar-refractivity contribution < 1.29 is 14.3 Å². The summed E-state index contributed by atoms with van der Waals surface area (Å²) in [6.07, 6.45) is 2.15. The van der Waals surface area contributed by atoms with Gasteiger partial charge in [-0.05, 0) is 67.2 Å². The Morgan fingerprint density at radius 3 is 2.33 bits per heavy atom. The SMILES string of the molecule is CCNC(=NCCC(=O)NC(C)C)N1CCC(CN(CC)C(=O)OC(C)(C)C)CC1. The number of hydrogen-bond donors (Lipinski definition) is 2. The standard InChI is InChI=1S/C22H43N5O3/c1-8-23-20(24-13-10-19(28)25-17(3)4)27-14-11-18(12-15-27)16-26(9-2)21(29)30-22(5,6)7/h17-18H,8-16H2,1-7H3,(H,23,24)(H,25,28). The highest BCUT2D eigenvalue weighted by Gasteiger charge is 2.27. The smallest absolute Gasteiger partial charge is 0.410 e. The highest BCUT2D eigenvalue weighted by Crippen LogP contribution is 2.20. The Morgan fingerprint density at radius 1 is 1.20 bits per heavy atom. The first-order chi connectivity index (χ1) is 14.1. The van der Waals surface area contributed by atoms with Crippen LogP contribution in [0.5, 0.6) is 0 Å². The van der Waals surface area contributed by atoms with Crippen LogP contribution in [-0.4, -0.2) is 78.7 Å². The molecule has 0 aromatic rings. The van der Waals surface area contributed by atoms with Gasteiger partial charge >= 0.3 is 6.09 Å². The molecule has 2 amide bonds. The predicted octanol–water partition coefficient (Wildman–Crippen LogP) is 2.84. The molecule has 0 aliphatic carbocycles. The Balaban J connectivity index is 2.55. The van der Waals surface area contributed by atoms with Crippen LogP contribution in [0.3, 0.4) is 0 Å². The third kappa shape index (κ3) is 10.2. The monoisotopic (exact) mass is 425 g/mol. The van der Waals surface area contributed by atoms with Crippen LogP contribution < -0.4 is 10.6 Å². The molecule has 1 rings (SSSR count). The van der Waals surface area contributed by atoms with Crippen molar-refractivity contribution in [2.24, 2.45) is 10.9 Å². The Hall–Kier alpha value is -1.99. The van der Waals surface area contributed by atoms with E-state index < -0.39 is 5.60 Å². The van der Waals surface area contributed by atoms with Gasteiger partial charge in [0, 0.05) is 45.2 Å². The lowest BCUT2D eigenvalue weighted by atomic mass is 9.96. The van der Waals surface area contributed by atoms with Crippen molar-refractivity contribution in [2.75, 3.05) is 39.3 Å². The molecule has 0 radical (unpaired) electrons. The van der Waals surface area contributed by atoms with Crippen LogP contribution in [0.15, 0.2) is 4.99 Å². The normalized spacial score (nSPS) is 15.9. The zero-order valence-corrected chi connectivity index (χ0v) is 20.1. The third-order valence-electron chi connectivity index (χ3n) is 4.81. The molecule has 0 bridgehead atoms. The topological polar surface area (TPSA) is 86.3 Å². The first-order valence-electron chi connectivity index (χ1n) is 11.4. The predicted molar refractivity (Wildman–Crippen MR) is 122 cm³/mol. The summed E-state index contributed by atoms with van der Waals surface area (Å²) >= 11 is 0. The van der Waals surface area contributed by atoms with Crippen molar-refractivity contribution in [3.05, 3.63) is 0 Å². The van der Waals surface area contributed by atoms with Gasteiger partial charge in [0.05, 0.1) is 6.54 Å². The fourth-order valence-electron chi connectivity index (χ4n) is 3.38. The highest BCUT2D eigenvalue weighted by atomic mass is 16.6. The minimum atomic E-state index is -0.475. The molecule has 0 atom stereocenters. The summed E-state index contributed by atoms with van der Waals surface area (Å²) in [6.45, 7) is 18.1. The van der Waals surface area contributed by atoms with Gasteiger partial charge in [0.25, 0.3) is 0 Å². The van der Waals surface area contributed by atoms with E-state index in [1.54, 1.807) is 4.90 Å². The Labute approximate surface area is 182 Å². The van der Waals surface area contributed by atoms with Crippen molar-refractivity contribution in [3.63, 3.8) is 0 Å². The number of guanidine groups is 1. The van der Waals surface area contributed by atoms with Crippen molar-refractivity contribution in [3.8, 4) is 0 Å². The molecule has 0 unspecified atom stereocenters. The maximum absolute atomic E-state index is 12.4. The number of carbonyl (C=O) groups is 2. The molecule has 1 fully saturated rings. The molecular formula is C22H43N5O3. The number of rotatable bonds is 8. The van der Waals surface area contributed by atoms with Gasteiger partial charge in [-0.15, -0.1) is 0 Å². The number of ether oxygens (including phenoxy) is 1. The number of aliphatic imine (C=N–C) groups is 1. The van der Waals surface area contributed by atoms with Gasteiger partial charge in [-0.2, -0.15) is 0 Å². The van der Waals surface area contributed by atoms with E-state index in [0.29, 0.717) is 25.4 Å². The average molecular weight is 426 g/mol. The van der Waals surface area contributed by atoms with Crippen molar-refractivity contribution in [1.29, 1.82) is 0 Å². The van der Waals surface area contributed by atoms with E-state index in [4.69, 9.17) is 4.74 Å². The van der Waals surface area contributed by atoms with Crippen LogP contribution >= 0.6 is 0 Å². The summed E-state index contributed by atoms with van der Waals surface area (Å²) in [5, 5.41) is 6.23. The molecule has 8 heteroatoms. The molecule has 0 saturated carbocycles. The summed E-state index contributed by atoms with van der Waals surface area (Å²) < 4.78 is 5.53. The van der Waals surface area contributed by atoms with Crippen LogP contribution in [0.2, 0.25) is 0 Å². The largest absolute Gasteiger partial charge is 0.444 e. The molecule has 1 heterocycles. The van der Waals surface area contributed by atoms with Crippen molar-refractivity contribution in [1.82, 2.24) is 20.4 Å². The highest BCUT2D eigenvalue weighted by molar-refractivity contribution is 5.81. The zero-order valence-electron chi connectivity index (χ0n) is 20.1. The number of amides is 2. The van der Waals surface area contributed by atoms with E-state index in [0.717, 1.165) is 45.0 Å². The van der Waals surface area contributed by atoms with E-state index in [2.05, 4.69) is 20.5 Å². The number of likely N-dealkylation sites (tertiary alicyclic amines) is 1. The summed E-state index contributed by atoms with van der Waals surface area (Å²) in [5.74, 6) is 1.35. The summed E-state index contributed by atoms with van der Waals surface area (Å²) in [5.41, 5.74) is -0.475. The lowest BCUT2D eigenvalue weighted by molar-refractivity contribution is -0.121. The molecule has 1 saturated heterocycles. The molecule has 30 heavy (non-hydrogen) atoms. The second-order valence-corrected chi connectivity index (χ2v) is 9.16. The third-order valence-corrected chi connectivity index (χ3v) is 4.81. The minimum Gasteiger partial charge on any atom is -0.444 e. The first kappa shape index (κ1) is 26.0. The van der Waals surface area contributed by atoms with Crippen molar-refractivity contribution in [2.45, 2.75) is 79.4 Å². The zero-order chi connectivity index (χ0) is 22.7. The van der Waals surface area contributed by atoms with E-state index in [-0.39, 0.29) is 18.0 Å². The number of hydrogen-bond acceptors (Lipinski definition) is 4. The Kier molecular flexibility index (Phi) is 11.0. The van der Waals surface area contributed by atoms with E-state index in [9.17, 15) is 9.59 Å². The van der Waals surface area contributed by atoms with Gasteiger partial charge in [0.1, 0.15) is 5.60 Å². The Bertz CT molecular complexity index is 564. The number of carbonyl (C=O) groups excluding carboxylic acids is 2. The maximum Gasteiger partial charge on any atom is 0.410 e. The first-order valence-corrected chi connectivity index (χ1v) is 11.4. The molecule has 0 aromatic carbocycles. The molecule has 1 aliphatic heterocycles. The summed E-state index contributed by atoms with van der Waals surface area (Å²) in [7, 11) is 0. The molecule has 174 valence electrons. The van der Waals surface area contributed by atoms with Crippen LogP contribution in [0.4, 0.5) is 4.79 Å². The van der Waals surface area contributed by atoms with Gasteiger partial charge in [0.15, 0.2) is 5.96 Å². The van der Waals surface area contributed by atoms with Gasteiger partial charge in [-0.3, -0.25) is 9.79 Å².